The molecule has 1 aromatic carbocycles. The number of ether oxygens (including phenoxy) is 3. The summed E-state index contributed by atoms with van der Waals surface area (Å²) in [6.07, 6.45) is 1.74. The molecule has 1 aromatic rings. The average Bonchev–Trinajstić information content (AvgIpc) is 2.54. The van der Waals surface area contributed by atoms with E-state index in [1.165, 1.54) is 0 Å². The molecule has 1 saturated heterocycles. The zero-order valence-corrected chi connectivity index (χ0v) is 12.8. The van der Waals surface area contributed by atoms with Crippen molar-refractivity contribution in [2.24, 2.45) is 0 Å². The van der Waals surface area contributed by atoms with Crippen molar-refractivity contribution in [2.75, 3.05) is 34.0 Å². The van der Waals surface area contributed by atoms with E-state index >= 15 is 0 Å². The van der Waals surface area contributed by atoms with Crippen LogP contribution < -0.4 is 14.8 Å². The maximum atomic E-state index is 11.6. The molecule has 6 heteroatoms. The zero-order valence-electron chi connectivity index (χ0n) is 12.8. The van der Waals surface area contributed by atoms with Crippen LogP contribution in [-0.4, -0.2) is 45.1 Å². The molecule has 2 N–H and O–H groups in total. The summed E-state index contributed by atoms with van der Waals surface area (Å²) in [6, 6.07) is 3.01. The Bertz CT molecular complexity index is 580. The maximum Gasteiger partial charge on any atom is 0.325 e. The van der Waals surface area contributed by atoms with Gasteiger partial charge in [-0.15, -0.1) is 0 Å². The third-order valence-corrected chi connectivity index (χ3v) is 4.78. The minimum Gasteiger partial charge on any atom is -0.493 e. The lowest BCUT2D eigenvalue weighted by Crippen LogP contribution is -2.50. The molecule has 0 amide bonds. The van der Waals surface area contributed by atoms with E-state index in [1.807, 2.05) is 6.07 Å². The predicted octanol–water partition coefficient (Wildman–Crippen LogP) is 1.48. The van der Waals surface area contributed by atoms with Crippen molar-refractivity contribution in [2.45, 2.75) is 24.3 Å². The molecule has 0 saturated carbocycles. The molecular weight excluding hydrogens is 286 g/mol. The van der Waals surface area contributed by atoms with Gasteiger partial charge in [0.2, 0.25) is 0 Å². The van der Waals surface area contributed by atoms with Crippen LogP contribution in [0.15, 0.2) is 12.1 Å². The second-order valence-electron chi connectivity index (χ2n) is 5.84. The van der Waals surface area contributed by atoms with Crippen LogP contribution in [0.1, 0.15) is 30.0 Å². The number of fused-ring (bicyclic) bond motifs is 2. The normalized spacial score (nSPS) is 22.9. The lowest BCUT2D eigenvalue weighted by molar-refractivity contribution is -0.140. The molecule has 1 unspecified atom stereocenters. The Morgan fingerprint density at radius 1 is 1.27 bits per heavy atom. The maximum absolute atomic E-state index is 11.6. The van der Waals surface area contributed by atoms with Gasteiger partial charge in [0.15, 0.2) is 11.5 Å². The van der Waals surface area contributed by atoms with Crippen molar-refractivity contribution >= 4 is 5.97 Å². The first-order chi connectivity index (χ1) is 10.6. The van der Waals surface area contributed by atoms with Crippen molar-refractivity contribution in [3.05, 3.63) is 23.3 Å². The third kappa shape index (κ3) is 2.32. The fourth-order valence-corrected chi connectivity index (χ4v) is 3.52. The predicted molar refractivity (Wildman–Crippen MR) is 79.7 cm³/mol. The highest BCUT2D eigenvalue weighted by Gasteiger charge is 2.43. The number of methoxy groups -OCH3 is 2. The zero-order chi connectivity index (χ0) is 15.7. The van der Waals surface area contributed by atoms with Crippen molar-refractivity contribution in [1.82, 2.24) is 5.32 Å². The fourth-order valence-electron chi connectivity index (χ4n) is 3.52. The smallest absolute Gasteiger partial charge is 0.325 e. The van der Waals surface area contributed by atoms with Crippen LogP contribution in [0.25, 0.3) is 0 Å². The summed E-state index contributed by atoms with van der Waals surface area (Å²) in [6.45, 7) is 2.01. The second kappa shape index (κ2) is 5.78. The Hall–Kier alpha value is -1.79. The van der Waals surface area contributed by atoms with Crippen LogP contribution in [-0.2, 0) is 14.9 Å². The molecule has 22 heavy (non-hydrogen) atoms. The number of carboxylic acid groups (broad SMARTS) is 1. The molecule has 120 valence electrons. The van der Waals surface area contributed by atoms with E-state index in [1.54, 1.807) is 20.3 Å². The van der Waals surface area contributed by atoms with Crippen molar-refractivity contribution in [3.63, 3.8) is 0 Å². The minimum atomic E-state index is -0.879. The van der Waals surface area contributed by atoms with Crippen LogP contribution in [0.4, 0.5) is 0 Å². The van der Waals surface area contributed by atoms with E-state index in [0.717, 1.165) is 24.0 Å². The highest BCUT2D eigenvalue weighted by molar-refractivity contribution is 5.77. The van der Waals surface area contributed by atoms with Gasteiger partial charge in [-0.05, 0) is 36.1 Å². The Labute approximate surface area is 129 Å². The topological polar surface area (TPSA) is 77.0 Å². The molecule has 6 nitrogen and oxygen atoms in total. The number of benzene rings is 1. The molecule has 0 aliphatic carbocycles. The summed E-state index contributed by atoms with van der Waals surface area (Å²) in [5.41, 5.74) is 1.71. The van der Waals surface area contributed by atoms with Gasteiger partial charge in [-0.25, -0.2) is 0 Å². The Balaban J connectivity index is 2.16. The molecule has 2 aliphatic rings. The summed E-state index contributed by atoms with van der Waals surface area (Å²) in [4.78, 5) is 11.6. The minimum absolute atomic E-state index is 0.0981. The largest absolute Gasteiger partial charge is 0.493 e. The van der Waals surface area contributed by atoms with Crippen LogP contribution in [0, 0.1) is 0 Å². The Morgan fingerprint density at radius 3 is 2.50 bits per heavy atom. The standard InChI is InChI=1S/C16H21NO5/c1-20-12-7-10-11(8-13(12)21-2)16(3-5-22-6-4-16)9-17-14(10)15(18)19/h7-8,14,17H,3-6,9H2,1-2H3,(H,18,19). The van der Waals surface area contributed by atoms with Crippen molar-refractivity contribution in [3.8, 4) is 11.5 Å². The van der Waals surface area contributed by atoms with E-state index in [-0.39, 0.29) is 5.41 Å². The third-order valence-electron chi connectivity index (χ3n) is 4.78. The van der Waals surface area contributed by atoms with Gasteiger partial charge in [0.1, 0.15) is 6.04 Å². The second-order valence-corrected chi connectivity index (χ2v) is 5.84. The molecule has 2 heterocycles. The summed E-state index contributed by atoms with van der Waals surface area (Å²) in [5, 5.41) is 12.7. The van der Waals surface area contributed by atoms with E-state index in [2.05, 4.69) is 5.32 Å². The highest BCUT2D eigenvalue weighted by atomic mass is 16.5. The first-order valence-electron chi connectivity index (χ1n) is 7.41. The first-order valence-corrected chi connectivity index (χ1v) is 7.41. The van der Waals surface area contributed by atoms with Crippen LogP contribution in [0.3, 0.4) is 0 Å². The lowest BCUT2D eigenvalue weighted by atomic mass is 9.69. The molecule has 0 radical (unpaired) electrons. The van der Waals surface area contributed by atoms with Gasteiger partial charge >= 0.3 is 5.97 Å². The number of hydrogen-bond acceptors (Lipinski definition) is 5. The molecule has 3 rings (SSSR count). The number of rotatable bonds is 3. The lowest BCUT2D eigenvalue weighted by Gasteiger charge is -2.44. The number of aliphatic carboxylic acids is 1. The Kier molecular flexibility index (Phi) is 3.97. The molecule has 0 bridgehead atoms. The Morgan fingerprint density at radius 2 is 1.91 bits per heavy atom. The van der Waals surface area contributed by atoms with Gasteiger partial charge in [0.05, 0.1) is 14.2 Å². The fraction of sp³-hybridized carbons (Fsp3) is 0.562. The first kappa shape index (κ1) is 15.1. The summed E-state index contributed by atoms with van der Waals surface area (Å²) < 4.78 is 16.2. The summed E-state index contributed by atoms with van der Waals surface area (Å²) in [5.74, 6) is 0.312. The monoisotopic (exact) mass is 307 g/mol. The molecule has 1 atom stereocenters. The van der Waals surface area contributed by atoms with Gasteiger partial charge in [0, 0.05) is 25.2 Å². The molecular formula is C16H21NO5. The average molecular weight is 307 g/mol. The van der Waals surface area contributed by atoms with Crippen molar-refractivity contribution in [1.29, 1.82) is 0 Å². The molecule has 0 aromatic heterocycles. The summed E-state index contributed by atoms with van der Waals surface area (Å²) in [7, 11) is 3.15. The highest BCUT2D eigenvalue weighted by Crippen LogP contribution is 2.45. The number of carboxylic acids is 1. The van der Waals surface area contributed by atoms with Crippen LogP contribution in [0.2, 0.25) is 0 Å². The van der Waals surface area contributed by atoms with Gasteiger partial charge < -0.3 is 19.3 Å². The molecule has 1 fully saturated rings. The van der Waals surface area contributed by atoms with E-state index in [4.69, 9.17) is 14.2 Å². The molecule has 1 spiro atoms. The van der Waals surface area contributed by atoms with E-state index in [9.17, 15) is 9.90 Å². The van der Waals surface area contributed by atoms with Gasteiger partial charge in [-0.3, -0.25) is 10.1 Å². The van der Waals surface area contributed by atoms with Crippen LogP contribution in [0.5, 0.6) is 11.5 Å². The number of carbonyl (C=O) groups is 1. The van der Waals surface area contributed by atoms with E-state index < -0.39 is 12.0 Å². The SMILES string of the molecule is COc1cc2c(cc1OC)C1(CCOCC1)CNC2C(=O)O. The number of hydrogen-bond donors (Lipinski definition) is 2. The van der Waals surface area contributed by atoms with Crippen LogP contribution >= 0.6 is 0 Å². The molecule has 2 aliphatic heterocycles. The van der Waals surface area contributed by atoms with Crippen molar-refractivity contribution < 1.29 is 24.1 Å². The quantitative estimate of drug-likeness (QED) is 0.881. The van der Waals surface area contributed by atoms with Gasteiger partial charge in [-0.1, -0.05) is 0 Å². The van der Waals surface area contributed by atoms with Gasteiger partial charge in [-0.2, -0.15) is 0 Å². The van der Waals surface area contributed by atoms with E-state index in [0.29, 0.717) is 31.3 Å². The summed E-state index contributed by atoms with van der Waals surface area (Å²) >= 11 is 0. The van der Waals surface area contributed by atoms with Gasteiger partial charge in [0.25, 0.3) is 0 Å². The number of nitrogens with one attached hydrogen (secondary N) is 1.